The highest BCUT2D eigenvalue weighted by molar-refractivity contribution is 6.30. The molecule has 0 aromatic heterocycles. The van der Waals surface area contributed by atoms with Crippen LogP contribution in [0.25, 0.3) is 0 Å². The molecule has 5 rings (SSSR count). The lowest BCUT2D eigenvalue weighted by Crippen LogP contribution is -2.46. The number of nitrogens with zero attached hydrogens (tertiary/aromatic N) is 2. The van der Waals surface area contributed by atoms with Crippen LogP contribution < -0.4 is 4.90 Å². The number of hydrogen-bond donors (Lipinski definition) is 0. The Labute approximate surface area is 180 Å². The zero-order chi connectivity index (χ0) is 21.2. The first kappa shape index (κ1) is 19.5. The number of anilines is 1. The van der Waals surface area contributed by atoms with Gasteiger partial charge in [0, 0.05) is 16.6 Å². The zero-order valence-corrected chi connectivity index (χ0v) is 17.7. The van der Waals surface area contributed by atoms with E-state index in [0.29, 0.717) is 16.3 Å². The largest absolute Gasteiger partial charge is 0.292 e. The van der Waals surface area contributed by atoms with Gasteiger partial charge in [0.1, 0.15) is 0 Å². The minimum absolute atomic E-state index is 0.0524. The Balaban J connectivity index is 1.56. The van der Waals surface area contributed by atoms with Crippen LogP contribution in [-0.4, -0.2) is 41.1 Å². The number of imide groups is 1. The van der Waals surface area contributed by atoms with Crippen LogP contribution in [0, 0.1) is 25.7 Å². The molecule has 0 bridgehead atoms. The van der Waals surface area contributed by atoms with Crippen molar-refractivity contribution in [3.8, 4) is 0 Å². The van der Waals surface area contributed by atoms with E-state index in [1.54, 1.807) is 24.3 Å². The molecule has 3 heterocycles. The number of rotatable bonds is 3. The number of aryl methyl sites for hydroxylation is 2. The Morgan fingerprint density at radius 2 is 1.70 bits per heavy atom. The normalized spacial score (nSPS) is 28.2. The summed E-state index contributed by atoms with van der Waals surface area (Å²) >= 11 is 5.98. The van der Waals surface area contributed by atoms with E-state index in [1.165, 1.54) is 4.90 Å². The average Bonchev–Trinajstić information content (AvgIpc) is 3.35. The number of amides is 2. The highest BCUT2D eigenvalue weighted by Gasteiger charge is 2.64. The Morgan fingerprint density at radius 3 is 2.40 bits per heavy atom. The Hall–Kier alpha value is -2.50. The number of ketones is 1. The predicted octanol–water partition coefficient (Wildman–Crippen LogP) is 3.79. The number of carbonyl (C=O) groups excluding carboxylic acids is 3. The average molecular weight is 423 g/mol. The summed E-state index contributed by atoms with van der Waals surface area (Å²) in [7, 11) is 0. The van der Waals surface area contributed by atoms with Crippen molar-refractivity contribution in [3.05, 3.63) is 64.2 Å². The molecular formula is C24H23ClN2O3. The van der Waals surface area contributed by atoms with Gasteiger partial charge in [0.2, 0.25) is 11.8 Å². The monoisotopic (exact) mass is 422 g/mol. The van der Waals surface area contributed by atoms with Crippen molar-refractivity contribution in [2.24, 2.45) is 11.8 Å². The third-order valence-corrected chi connectivity index (χ3v) is 7.09. The standard InChI is InChI=1S/C24H23ClN2O3/c1-13-5-10-17(14(2)12-13)27-23(29)19-18-4-3-11-26(18)21(20(19)24(27)30)22(28)15-6-8-16(25)9-7-15/h5-10,12,18-21H,3-4,11H2,1-2H3/t18-,19+,20-,21+/m1/s1. The maximum absolute atomic E-state index is 13.6. The molecule has 154 valence electrons. The molecule has 3 aliphatic heterocycles. The molecule has 0 saturated carbocycles. The molecule has 5 nitrogen and oxygen atoms in total. The van der Waals surface area contributed by atoms with Gasteiger partial charge >= 0.3 is 0 Å². The van der Waals surface area contributed by atoms with Gasteiger partial charge in [0.25, 0.3) is 0 Å². The van der Waals surface area contributed by atoms with Crippen LogP contribution in [0.4, 0.5) is 5.69 Å². The van der Waals surface area contributed by atoms with Crippen LogP contribution in [0.1, 0.15) is 34.3 Å². The Morgan fingerprint density at radius 1 is 1.00 bits per heavy atom. The highest BCUT2D eigenvalue weighted by atomic mass is 35.5. The molecule has 0 radical (unpaired) electrons. The van der Waals surface area contributed by atoms with Gasteiger partial charge in [0.15, 0.2) is 5.78 Å². The molecular weight excluding hydrogens is 400 g/mol. The van der Waals surface area contributed by atoms with Crippen LogP contribution in [0.5, 0.6) is 0 Å². The second kappa shape index (κ2) is 7.03. The molecule has 2 amide bonds. The second-order valence-electron chi connectivity index (χ2n) is 8.62. The first-order valence-corrected chi connectivity index (χ1v) is 10.8. The molecule has 30 heavy (non-hydrogen) atoms. The van der Waals surface area contributed by atoms with Gasteiger partial charge in [-0.25, -0.2) is 4.90 Å². The summed E-state index contributed by atoms with van der Waals surface area (Å²) < 4.78 is 0. The summed E-state index contributed by atoms with van der Waals surface area (Å²) in [5, 5.41) is 0.558. The molecule has 3 aliphatic rings. The third kappa shape index (κ3) is 2.76. The quantitative estimate of drug-likeness (QED) is 0.557. The third-order valence-electron chi connectivity index (χ3n) is 6.84. The number of halogens is 1. The second-order valence-corrected chi connectivity index (χ2v) is 9.05. The molecule has 2 aromatic carbocycles. The molecule has 2 aromatic rings. The number of fused-ring (bicyclic) bond motifs is 3. The lowest BCUT2D eigenvalue weighted by Gasteiger charge is -2.28. The fraction of sp³-hybridized carbons (Fsp3) is 0.375. The van der Waals surface area contributed by atoms with Gasteiger partial charge in [-0.2, -0.15) is 0 Å². The molecule has 4 atom stereocenters. The van der Waals surface area contributed by atoms with Crippen molar-refractivity contribution < 1.29 is 14.4 Å². The van der Waals surface area contributed by atoms with E-state index in [9.17, 15) is 14.4 Å². The van der Waals surface area contributed by atoms with Crippen LogP contribution >= 0.6 is 11.6 Å². The van der Waals surface area contributed by atoms with E-state index in [4.69, 9.17) is 11.6 Å². The summed E-state index contributed by atoms with van der Waals surface area (Å²) in [6.07, 6.45) is 1.77. The molecule has 0 unspecified atom stereocenters. The SMILES string of the molecule is Cc1ccc(N2C(=O)[C@@H]3[C@@H](C2=O)[C@@H](C(=O)c2ccc(Cl)cc2)N2CCC[C@H]32)c(C)c1. The summed E-state index contributed by atoms with van der Waals surface area (Å²) in [6.45, 7) is 4.64. The summed E-state index contributed by atoms with van der Waals surface area (Å²) in [6, 6.07) is 11.8. The fourth-order valence-electron chi connectivity index (χ4n) is 5.59. The van der Waals surface area contributed by atoms with Gasteiger partial charge in [-0.05, 0) is 69.1 Å². The summed E-state index contributed by atoms with van der Waals surface area (Å²) in [5.74, 6) is -1.61. The minimum Gasteiger partial charge on any atom is -0.292 e. The Bertz CT molecular complexity index is 1060. The van der Waals surface area contributed by atoms with E-state index in [1.807, 2.05) is 32.0 Å². The van der Waals surface area contributed by atoms with E-state index in [-0.39, 0.29) is 23.6 Å². The summed E-state index contributed by atoms with van der Waals surface area (Å²) in [4.78, 5) is 44.0. The van der Waals surface area contributed by atoms with Gasteiger partial charge in [-0.1, -0.05) is 29.3 Å². The van der Waals surface area contributed by atoms with Crippen molar-refractivity contribution in [2.45, 2.75) is 38.8 Å². The first-order chi connectivity index (χ1) is 14.4. The molecule has 6 heteroatoms. The summed E-state index contributed by atoms with van der Waals surface area (Å²) in [5.41, 5.74) is 3.13. The fourth-order valence-corrected chi connectivity index (χ4v) is 5.72. The minimum atomic E-state index is -0.633. The highest BCUT2D eigenvalue weighted by Crippen LogP contribution is 2.48. The van der Waals surface area contributed by atoms with Crippen LogP contribution in [-0.2, 0) is 9.59 Å². The lowest BCUT2D eigenvalue weighted by atomic mass is 9.85. The van der Waals surface area contributed by atoms with E-state index in [0.717, 1.165) is 30.5 Å². The van der Waals surface area contributed by atoms with Crippen LogP contribution in [0.2, 0.25) is 5.02 Å². The number of Topliss-reactive ketones (excluding diaryl/α,β-unsaturated/α-hetero) is 1. The molecule has 0 N–H and O–H groups in total. The van der Waals surface area contributed by atoms with Crippen LogP contribution in [0.3, 0.4) is 0 Å². The van der Waals surface area contributed by atoms with Crippen molar-refractivity contribution >= 4 is 34.9 Å². The topological polar surface area (TPSA) is 57.7 Å². The van der Waals surface area contributed by atoms with Crippen molar-refractivity contribution in [3.63, 3.8) is 0 Å². The van der Waals surface area contributed by atoms with Gasteiger partial charge in [-0.3, -0.25) is 19.3 Å². The zero-order valence-electron chi connectivity index (χ0n) is 17.0. The van der Waals surface area contributed by atoms with E-state index < -0.39 is 17.9 Å². The van der Waals surface area contributed by atoms with Crippen molar-refractivity contribution in [1.82, 2.24) is 4.90 Å². The first-order valence-electron chi connectivity index (χ1n) is 10.4. The number of hydrogen-bond acceptors (Lipinski definition) is 4. The van der Waals surface area contributed by atoms with Crippen molar-refractivity contribution in [2.75, 3.05) is 11.4 Å². The molecule has 0 spiro atoms. The van der Waals surface area contributed by atoms with Crippen LogP contribution in [0.15, 0.2) is 42.5 Å². The molecule has 3 fully saturated rings. The van der Waals surface area contributed by atoms with Crippen molar-refractivity contribution in [1.29, 1.82) is 0 Å². The van der Waals surface area contributed by atoms with Gasteiger partial charge in [0.05, 0.1) is 23.6 Å². The molecule has 3 saturated heterocycles. The Kier molecular flexibility index (Phi) is 4.56. The number of benzene rings is 2. The predicted molar refractivity (Wildman–Crippen MR) is 115 cm³/mol. The molecule has 0 aliphatic carbocycles. The van der Waals surface area contributed by atoms with E-state index >= 15 is 0 Å². The smallest absolute Gasteiger partial charge is 0.239 e. The maximum Gasteiger partial charge on any atom is 0.239 e. The van der Waals surface area contributed by atoms with Gasteiger partial charge in [-0.15, -0.1) is 0 Å². The maximum atomic E-state index is 13.6. The number of carbonyl (C=O) groups is 3. The lowest BCUT2D eigenvalue weighted by molar-refractivity contribution is -0.123. The van der Waals surface area contributed by atoms with Gasteiger partial charge < -0.3 is 0 Å². The van der Waals surface area contributed by atoms with E-state index in [2.05, 4.69) is 4.90 Å².